The smallest absolute Gasteiger partial charge is 0.321 e. The molecule has 1 fully saturated rings. The van der Waals surface area contributed by atoms with Crippen LogP contribution in [0.4, 0.5) is 14.9 Å². The highest BCUT2D eigenvalue weighted by Gasteiger charge is 2.30. The molecule has 154 valence electrons. The van der Waals surface area contributed by atoms with Gasteiger partial charge in [-0.1, -0.05) is 26.0 Å². The zero-order valence-electron chi connectivity index (χ0n) is 16.7. The maximum absolute atomic E-state index is 13.0. The summed E-state index contributed by atoms with van der Waals surface area (Å²) >= 11 is 0. The number of nitrogens with one attached hydrogen (secondary N) is 1. The Balaban J connectivity index is 1.48. The van der Waals surface area contributed by atoms with Gasteiger partial charge in [0.1, 0.15) is 5.82 Å². The maximum Gasteiger partial charge on any atom is 0.321 e. The minimum atomic E-state index is -0.351. The molecule has 1 saturated heterocycles. The first-order valence-electron chi connectivity index (χ1n) is 9.78. The first kappa shape index (κ1) is 20.8. The first-order valence-corrected chi connectivity index (χ1v) is 9.78. The fraction of sp³-hybridized carbons (Fsp3) is 0.409. The first-order chi connectivity index (χ1) is 13.7. The van der Waals surface area contributed by atoms with Crippen LogP contribution in [-0.4, -0.2) is 47.3 Å². The number of nitrogens with zero attached hydrogens (tertiary/aromatic N) is 2. The van der Waals surface area contributed by atoms with Crippen molar-refractivity contribution in [2.45, 2.75) is 26.7 Å². The lowest BCUT2D eigenvalue weighted by atomic mass is 9.89. The number of carbonyl (C=O) groups excluding carboxylic acids is 3. The van der Waals surface area contributed by atoms with Gasteiger partial charge in [0.2, 0.25) is 0 Å². The molecule has 0 bridgehead atoms. The van der Waals surface area contributed by atoms with E-state index in [0.717, 1.165) is 12.8 Å². The molecule has 6 nitrogen and oxygen atoms in total. The van der Waals surface area contributed by atoms with E-state index >= 15 is 0 Å². The number of hydrogen-bond acceptors (Lipinski definition) is 3. The van der Waals surface area contributed by atoms with E-state index < -0.39 is 0 Å². The summed E-state index contributed by atoms with van der Waals surface area (Å²) in [5, 5.41) is 2.76. The number of imide groups is 1. The van der Waals surface area contributed by atoms with Gasteiger partial charge in [-0.3, -0.25) is 14.5 Å². The van der Waals surface area contributed by atoms with Gasteiger partial charge in [0.25, 0.3) is 11.8 Å². The number of rotatable bonds is 3. The number of amides is 4. The van der Waals surface area contributed by atoms with Crippen molar-refractivity contribution in [1.29, 1.82) is 0 Å². The second kappa shape index (κ2) is 8.59. The van der Waals surface area contributed by atoms with Crippen molar-refractivity contribution in [1.82, 2.24) is 9.80 Å². The Morgan fingerprint density at radius 3 is 2.48 bits per heavy atom. The van der Waals surface area contributed by atoms with Crippen molar-refractivity contribution >= 4 is 23.5 Å². The molecule has 1 N–H and O–H groups in total. The average molecular weight is 399 g/mol. The molecule has 2 aliphatic heterocycles. The summed E-state index contributed by atoms with van der Waals surface area (Å²) in [6, 6.07) is 5.42. The standard InChI is InChI=1S/C22H26FN3O3/c1-22(2)12-9-20(28)26(15-22)19(27)8-3-16-10-13-25(14-11-16)21(29)24-18-6-4-17(23)5-7-18/h3-9,12,16H,10-11,13-15H2,1-2H3,(H,24,29)/b8-3+. The SMILES string of the molecule is CC1(C)C=CC(=O)N(C(=O)/C=C/C2CCN(C(=O)Nc3ccc(F)cc3)CC2)C1. The molecule has 0 aromatic heterocycles. The van der Waals surface area contributed by atoms with Gasteiger partial charge in [0.05, 0.1) is 0 Å². The summed E-state index contributed by atoms with van der Waals surface area (Å²) in [5.74, 6) is -0.761. The van der Waals surface area contributed by atoms with E-state index in [1.807, 2.05) is 26.0 Å². The topological polar surface area (TPSA) is 69.7 Å². The van der Waals surface area contributed by atoms with Crippen LogP contribution in [0, 0.1) is 17.2 Å². The molecule has 1 aromatic carbocycles. The lowest BCUT2D eigenvalue weighted by Crippen LogP contribution is -2.44. The van der Waals surface area contributed by atoms with E-state index in [9.17, 15) is 18.8 Å². The molecule has 0 unspecified atom stereocenters. The molecule has 3 rings (SSSR count). The van der Waals surface area contributed by atoms with Crippen molar-refractivity contribution in [3.63, 3.8) is 0 Å². The number of carbonyl (C=O) groups is 3. The van der Waals surface area contributed by atoms with Crippen LogP contribution in [0.1, 0.15) is 26.7 Å². The summed E-state index contributed by atoms with van der Waals surface area (Å²) in [5.41, 5.74) is 0.327. The number of urea groups is 1. The summed E-state index contributed by atoms with van der Waals surface area (Å²) in [6.45, 7) is 5.45. The van der Waals surface area contributed by atoms with Crippen LogP contribution in [0.5, 0.6) is 0 Å². The Labute approximate surface area is 170 Å². The average Bonchev–Trinajstić information content (AvgIpc) is 2.70. The lowest BCUT2D eigenvalue weighted by Gasteiger charge is -2.32. The second-order valence-electron chi connectivity index (χ2n) is 8.21. The van der Waals surface area contributed by atoms with Crippen LogP contribution in [0.2, 0.25) is 0 Å². The summed E-state index contributed by atoms with van der Waals surface area (Å²) in [7, 11) is 0. The Morgan fingerprint density at radius 2 is 1.83 bits per heavy atom. The fourth-order valence-electron chi connectivity index (χ4n) is 3.45. The van der Waals surface area contributed by atoms with E-state index in [1.54, 1.807) is 4.90 Å². The molecule has 0 radical (unpaired) electrons. The molecule has 2 aliphatic rings. The van der Waals surface area contributed by atoms with Gasteiger partial charge in [-0.2, -0.15) is 0 Å². The molecule has 0 aliphatic carbocycles. The van der Waals surface area contributed by atoms with Crippen LogP contribution in [0.3, 0.4) is 0 Å². The highest BCUT2D eigenvalue weighted by molar-refractivity contribution is 6.05. The molecular formula is C22H26FN3O3. The van der Waals surface area contributed by atoms with Crippen molar-refractivity contribution in [2.75, 3.05) is 25.0 Å². The van der Waals surface area contributed by atoms with Crippen molar-refractivity contribution < 1.29 is 18.8 Å². The third-order valence-corrected chi connectivity index (χ3v) is 5.21. The van der Waals surface area contributed by atoms with Crippen LogP contribution in [0.25, 0.3) is 0 Å². The number of anilines is 1. The normalized spacial score (nSPS) is 19.6. The largest absolute Gasteiger partial charge is 0.324 e. The molecule has 0 spiro atoms. The van der Waals surface area contributed by atoms with E-state index in [0.29, 0.717) is 25.3 Å². The Morgan fingerprint density at radius 1 is 1.17 bits per heavy atom. The van der Waals surface area contributed by atoms with Crippen LogP contribution in [-0.2, 0) is 9.59 Å². The van der Waals surface area contributed by atoms with Gasteiger partial charge in [0, 0.05) is 36.8 Å². The highest BCUT2D eigenvalue weighted by Crippen LogP contribution is 2.24. The van der Waals surface area contributed by atoms with Crippen molar-refractivity contribution in [2.24, 2.45) is 11.3 Å². The number of piperidine rings is 1. The second-order valence-corrected chi connectivity index (χ2v) is 8.21. The molecule has 7 heteroatoms. The quantitative estimate of drug-likeness (QED) is 0.790. The van der Waals surface area contributed by atoms with Crippen molar-refractivity contribution in [3.8, 4) is 0 Å². The number of likely N-dealkylation sites (tertiary alicyclic amines) is 1. The Kier molecular flexibility index (Phi) is 6.15. The van der Waals surface area contributed by atoms with E-state index in [-0.39, 0.29) is 35.0 Å². The van der Waals surface area contributed by atoms with Gasteiger partial charge in [-0.25, -0.2) is 9.18 Å². The zero-order valence-corrected chi connectivity index (χ0v) is 16.7. The number of hydrogen-bond donors (Lipinski definition) is 1. The van der Waals surface area contributed by atoms with Gasteiger partial charge in [0.15, 0.2) is 0 Å². The predicted molar refractivity (Wildman–Crippen MR) is 108 cm³/mol. The van der Waals surface area contributed by atoms with E-state index in [4.69, 9.17) is 0 Å². The number of benzene rings is 1. The molecule has 2 heterocycles. The minimum Gasteiger partial charge on any atom is -0.324 e. The summed E-state index contributed by atoms with van der Waals surface area (Å²) in [4.78, 5) is 39.7. The number of halogens is 1. The lowest BCUT2D eigenvalue weighted by molar-refractivity contribution is -0.140. The Bertz CT molecular complexity index is 837. The van der Waals surface area contributed by atoms with Gasteiger partial charge in [-0.05, 0) is 49.1 Å². The van der Waals surface area contributed by atoms with Crippen LogP contribution in [0.15, 0.2) is 48.6 Å². The van der Waals surface area contributed by atoms with Gasteiger partial charge >= 0.3 is 6.03 Å². The highest BCUT2D eigenvalue weighted by atomic mass is 19.1. The van der Waals surface area contributed by atoms with E-state index in [2.05, 4.69) is 5.32 Å². The fourth-order valence-corrected chi connectivity index (χ4v) is 3.45. The predicted octanol–water partition coefficient (Wildman–Crippen LogP) is 3.58. The molecule has 1 aromatic rings. The molecule has 29 heavy (non-hydrogen) atoms. The Hall–Kier alpha value is -2.96. The van der Waals surface area contributed by atoms with Crippen molar-refractivity contribution in [3.05, 3.63) is 54.4 Å². The monoisotopic (exact) mass is 399 g/mol. The van der Waals surface area contributed by atoms with Gasteiger partial charge in [-0.15, -0.1) is 0 Å². The zero-order chi connectivity index (χ0) is 21.0. The van der Waals surface area contributed by atoms with Crippen LogP contribution < -0.4 is 5.32 Å². The third kappa shape index (κ3) is 5.53. The molecule has 0 atom stereocenters. The maximum atomic E-state index is 13.0. The molecular weight excluding hydrogens is 373 g/mol. The number of allylic oxidation sites excluding steroid dienone is 1. The summed E-state index contributed by atoms with van der Waals surface area (Å²) < 4.78 is 13.0. The third-order valence-electron chi connectivity index (χ3n) is 5.21. The van der Waals surface area contributed by atoms with Crippen LogP contribution >= 0.6 is 0 Å². The molecule has 4 amide bonds. The molecule has 0 saturated carbocycles. The van der Waals surface area contributed by atoms with Gasteiger partial charge < -0.3 is 10.2 Å². The minimum absolute atomic E-state index is 0.178. The summed E-state index contributed by atoms with van der Waals surface area (Å²) in [6.07, 6.45) is 8.07. The van der Waals surface area contributed by atoms with E-state index in [1.165, 1.54) is 41.3 Å².